The zero-order valence-electron chi connectivity index (χ0n) is 17.4. The fourth-order valence-corrected chi connectivity index (χ4v) is 2.95. The number of pyridine rings is 1. The summed E-state index contributed by atoms with van der Waals surface area (Å²) in [6.45, 7) is 10.0. The van der Waals surface area contributed by atoms with Crippen molar-refractivity contribution >= 4 is 41.8 Å². The van der Waals surface area contributed by atoms with E-state index >= 15 is 0 Å². The highest BCUT2D eigenvalue weighted by molar-refractivity contribution is 6.34. The van der Waals surface area contributed by atoms with Crippen LogP contribution in [0.1, 0.15) is 38.2 Å². The molecule has 30 heavy (non-hydrogen) atoms. The van der Waals surface area contributed by atoms with Gasteiger partial charge >= 0.3 is 5.97 Å². The summed E-state index contributed by atoms with van der Waals surface area (Å²) >= 11 is 12.0. The van der Waals surface area contributed by atoms with Crippen molar-refractivity contribution in [2.45, 2.75) is 39.8 Å². The third kappa shape index (κ3) is 6.74. The molecule has 0 aliphatic rings. The minimum absolute atomic E-state index is 0.0854. The molecular weight excluding hydrogens is 433 g/mol. The number of carbonyl (C=O) groups is 2. The quantitative estimate of drug-likeness (QED) is 0.331. The van der Waals surface area contributed by atoms with Crippen molar-refractivity contribution in [3.63, 3.8) is 0 Å². The van der Waals surface area contributed by atoms with Gasteiger partial charge in [0, 0.05) is 23.2 Å². The summed E-state index contributed by atoms with van der Waals surface area (Å²) in [7, 11) is 1.34. The maximum Gasteiger partial charge on any atom is 0.328 e. The van der Waals surface area contributed by atoms with E-state index in [1.54, 1.807) is 20.8 Å². The summed E-state index contributed by atoms with van der Waals surface area (Å²) in [5.74, 6) is -2.17. The SMILES string of the molecule is C=N/C(=C(Cl)\C=C(/C)Cl)C(C)C(C)OC(=O)[C@H](C)NC(=O)c1nccc(OC)c1O. The highest BCUT2D eigenvalue weighted by atomic mass is 35.5. The minimum atomic E-state index is -1.01. The number of aliphatic imine (C=N–C) groups is 1. The van der Waals surface area contributed by atoms with Crippen molar-refractivity contribution in [3.8, 4) is 11.5 Å². The molecule has 1 heterocycles. The topological polar surface area (TPSA) is 110 Å². The maximum atomic E-state index is 12.4. The van der Waals surface area contributed by atoms with Crippen molar-refractivity contribution in [3.05, 3.63) is 39.8 Å². The van der Waals surface area contributed by atoms with Crippen LogP contribution in [-0.2, 0) is 9.53 Å². The Morgan fingerprint density at radius 2 is 1.97 bits per heavy atom. The van der Waals surface area contributed by atoms with E-state index in [0.29, 0.717) is 10.7 Å². The van der Waals surface area contributed by atoms with Crippen LogP contribution in [0, 0.1) is 5.92 Å². The van der Waals surface area contributed by atoms with Crippen molar-refractivity contribution in [2.24, 2.45) is 10.9 Å². The van der Waals surface area contributed by atoms with Crippen molar-refractivity contribution in [2.75, 3.05) is 7.11 Å². The highest BCUT2D eigenvalue weighted by Gasteiger charge is 2.27. The number of rotatable bonds is 9. The molecule has 0 aromatic carbocycles. The van der Waals surface area contributed by atoms with Crippen LogP contribution in [0.3, 0.4) is 0 Å². The lowest BCUT2D eigenvalue weighted by atomic mass is 10.0. The van der Waals surface area contributed by atoms with Crippen LogP contribution >= 0.6 is 23.2 Å². The van der Waals surface area contributed by atoms with Gasteiger partial charge in [0.1, 0.15) is 12.1 Å². The summed E-state index contributed by atoms with van der Waals surface area (Å²) in [4.78, 5) is 32.5. The Labute approximate surface area is 185 Å². The third-order valence-electron chi connectivity index (χ3n) is 4.20. The normalized spacial score (nSPS) is 15.4. The molecule has 0 aliphatic carbocycles. The van der Waals surface area contributed by atoms with Crippen molar-refractivity contribution in [1.82, 2.24) is 10.3 Å². The van der Waals surface area contributed by atoms with Gasteiger partial charge in [-0.1, -0.05) is 30.1 Å². The van der Waals surface area contributed by atoms with E-state index in [2.05, 4.69) is 22.0 Å². The Hall–Kier alpha value is -2.58. The lowest BCUT2D eigenvalue weighted by molar-refractivity contribution is -0.151. The first-order valence-corrected chi connectivity index (χ1v) is 9.72. The Kier molecular flexibility index (Phi) is 9.81. The Morgan fingerprint density at radius 1 is 1.33 bits per heavy atom. The predicted octanol–water partition coefficient (Wildman–Crippen LogP) is 3.78. The molecule has 0 saturated carbocycles. The number of nitrogens with zero attached hydrogens (tertiary/aromatic N) is 2. The molecule has 1 amide bonds. The molecule has 1 aromatic rings. The molecule has 0 fully saturated rings. The van der Waals surface area contributed by atoms with E-state index < -0.39 is 35.7 Å². The van der Waals surface area contributed by atoms with Crippen LogP contribution < -0.4 is 10.1 Å². The molecule has 1 rings (SSSR count). The van der Waals surface area contributed by atoms with E-state index in [4.69, 9.17) is 32.7 Å². The first kappa shape index (κ1) is 25.5. The van der Waals surface area contributed by atoms with Gasteiger partial charge in [-0.15, -0.1) is 0 Å². The van der Waals surface area contributed by atoms with Gasteiger partial charge in [-0.2, -0.15) is 0 Å². The van der Waals surface area contributed by atoms with E-state index in [0.717, 1.165) is 0 Å². The molecule has 1 aromatic heterocycles. The molecule has 0 aliphatic heterocycles. The van der Waals surface area contributed by atoms with Crippen molar-refractivity contribution in [1.29, 1.82) is 0 Å². The van der Waals surface area contributed by atoms with Gasteiger partial charge in [-0.05, 0) is 33.6 Å². The zero-order chi connectivity index (χ0) is 23.0. The van der Waals surface area contributed by atoms with Gasteiger partial charge in [-0.25, -0.2) is 9.78 Å². The molecular formula is C20H25Cl2N3O5. The summed E-state index contributed by atoms with van der Waals surface area (Å²) < 4.78 is 10.4. The summed E-state index contributed by atoms with van der Waals surface area (Å²) in [5, 5.41) is 13.2. The fourth-order valence-electron chi connectivity index (χ4n) is 2.39. The van der Waals surface area contributed by atoms with E-state index in [9.17, 15) is 14.7 Å². The highest BCUT2D eigenvalue weighted by Crippen LogP contribution is 2.28. The molecule has 0 saturated heterocycles. The van der Waals surface area contributed by atoms with E-state index in [1.165, 1.54) is 32.4 Å². The molecule has 0 radical (unpaired) electrons. The second kappa shape index (κ2) is 11.6. The largest absolute Gasteiger partial charge is 0.503 e. The zero-order valence-corrected chi connectivity index (χ0v) is 18.9. The van der Waals surface area contributed by atoms with Crippen LogP contribution in [0.4, 0.5) is 0 Å². The number of ether oxygens (including phenoxy) is 2. The Balaban J connectivity index is 2.85. The molecule has 0 bridgehead atoms. The Morgan fingerprint density at radius 3 is 2.50 bits per heavy atom. The van der Waals surface area contributed by atoms with Gasteiger partial charge in [0.15, 0.2) is 17.2 Å². The molecule has 8 nitrogen and oxygen atoms in total. The number of halogens is 2. The molecule has 2 N–H and O–H groups in total. The van der Waals surface area contributed by atoms with Gasteiger partial charge < -0.3 is 19.9 Å². The number of amides is 1. The number of aromatic nitrogens is 1. The number of nitrogens with one attached hydrogen (secondary N) is 1. The molecule has 2 unspecified atom stereocenters. The van der Waals surface area contributed by atoms with Crippen LogP contribution in [-0.4, -0.2) is 47.9 Å². The first-order chi connectivity index (χ1) is 14.0. The number of aromatic hydroxyl groups is 1. The van der Waals surface area contributed by atoms with Crippen LogP contribution in [0.15, 0.2) is 39.1 Å². The summed E-state index contributed by atoms with van der Waals surface area (Å²) in [5.41, 5.74) is 0.144. The number of allylic oxidation sites excluding steroid dienone is 3. The third-order valence-corrected chi connectivity index (χ3v) is 4.61. The van der Waals surface area contributed by atoms with Crippen LogP contribution in [0.25, 0.3) is 0 Å². The fraction of sp³-hybridized carbons (Fsp3) is 0.400. The van der Waals surface area contributed by atoms with Gasteiger partial charge in [0.05, 0.1) is 17.8 Å². The van der Waals surface area contributed by atoms with E-state index in [-0.39, 0.29) is 16.5 Å². The van der Waals surface area contributed by atoms with Crippen LogP contribution in [0.2, 0.25) is 0 Å². The second-order valence-electron chi connectivity index (χ2n) is 6.46. The molecule has 10 heteroatoms. The van der Waals surface area contributed by atoms with Crippen molar-refractivity contribution < 1.29 is 24.2 Å². The lowest BCUT2D eigenvalue weighted by Gasteiger charge is -2.23. The monoisotopic (exact) mass is 457 g/mol. The summed E-state index contributed by atoms with van der Waals surface area (Å²) in [6.07, 6.45) is 2.20. The smallest absolute Gasteiger partial charge is 0.328 e. The average Bonchev–Trinajstić information content (AvgIpc) is 2.67. The Bertz CT molecular complexity index is 866. The predicted molar refractivity (Wildman–Crippen MR) is 116 cm³/mol. The number of hydrogen-bond acceptors (Lipinski definition) is 7. The minimum Gasteiger partial charge on any atom is -0.503 e. The van der Waals surface area contributed by atoms with Gasteiger partial charge in [-0.3, -0.25) is 9.79 Å². The van der Waals surface area contributed by atoms with Gasteiger partial charge in [0.25, 0.3) is 5.91 Å². The molecule has 0 spiro atoms. The lowest BCUT2D eigenvalue weighted by Crippen LogP contribution is -2.41. The second-order valence-corrected chi connectivity index (χ2v) is 7.46. The van der Waals surface area contributed by atoms with Gasteiger partial charge in [0.2, 0.25) is 0 Å². The molecule has 3 atom stereocenters. The standard InChI is InChI=1S/C20H25Cl2N3O5/c1-10(21)9-14(22)16(23-5)11(2)13(4)30-20(28)12(3)25-19(27)17-18(26)15(29-6)7-8-24-17/h7-9,11-13,26H,5H2,1-4,6H3,(H,25,27)/b10-9+,16-14+/t11?,12-,13?/m0/s1. The van der Waals surface area contributed by atoms with E-state index in [1.807, 2.05) is 0 Å². The number of esters is 1. The number of hydrogen-bond donors (Lipinski definition) is 2. The molecule has 164 valence electrons. The maximum absolute atomic E-state index is 12.4. The first-order valence-electron chi connectivity index (χ1n) is 8.96. The summed E-state index contributed by atoms with van der Waals surface area (Å²) in [6, 6.07) is 0.390. The van der Waals surface area contributed by atoms with Crippen LogP contribution in [0.5, 0.6) is 11.5 Å². The average molecular weight is 458 g/mol. The number of carbonyl (C=O) groups excluding carboxylic acids is 2. The number of methoxy groups -OCH3 is 1.